The molecular weight excluding hydrogens is 271 g/mol. The molecule has 0 unspecified atom stereocenters. The summed E-state index contributed by atoms with van der Waals surface area (Å²) in [6.45, 7) is 1.33. The molecule has 1 aromatic rings. The Morgan fingerprint density at radius 2 is 2.11 bits per heavy atom. The van der Waals surface area contributed by atoms with Gasteiger partial charge in [0, 0.05) is 0 Å². The van der Waals surface area contributed by atoms with E-state index in [0.29, 0.717) is 0 Å². The lowest BCUT2D eigenvalue weighted by Gasteiger charge is -2.13. The molecule has 1 amide bonds. The van der Waals surface area contributed by atoms with Gasteiger partial charge in [0.05, 0.1) is 12.6 Å². The molecule has 0 heterocycles. The highest BCUT2D eigenvalue weighted by molar-refractivity contribution is 7.89. The molecule has 7 heteroatoms. The largest absolute Gasteiger partial charge is 0.344 e. The minimum atomic E-state index is -4.10. The number of carbonyl (C=O) groups excluding carboxylic acids is 1. The van der Waals surface area contributed by atoms with Crippen molar-refractivity contribution >= 4 is 15.9 Å². The summed E-state index contributed by atoms with van der Waals surface area (Å²) >= 11 is 0. The van der Waals surface area contributed by atoms with Crippen LogP contribution in [0.5, 0.6) is 0 Å². The van der Waals surface area contributed by atoms with Gasteiger partial charge in [-0.25, -0.2) is 12.8 Å². The Hall–Kier alpha value is -1.91. The van der Waals surface area contributed by atoms with Gasteiger partial charge in [0.1, 0.15) is 10.7 Å². The maximum absolute atomic E-state index is 13.4. The number of terminal acetylenes is 1. The van der Waals surface area contributed by atoms with Gasteiger partial charge >= 0.3 is 0 Å². The summed E-state index contributed by atoms with van der Waals surface area (Å²) in [4.78, 5) is 11.0. The molecule has 0 saturated heterocycles. The van der Waals surface area contributed by atoms with Crippen LogP contribution in [0.4, 0.5) is 4.39 Å². The van der Waals surface area contributed by atoms with E-state index in [0.717, 1.165) is 12.1 Å². The van der Waals surface area contributed by atoms with Crippen molar-refractivity contribution in [1.29, 1.82) is 0 Å². The summed E-state index contributed by atoms with van der Waals surface area (Å²) in [7, 11) is -4.10. The predicted molar refractivity (Wildman–Crippen MR) is 68.0 cm³/mol. The number of benzene rings is 1. The van der Waals surface area contributed by atoms with Gasteiger partial charge in [0.25, 0.3) is 0 Å². The summed E-state index contributed by atoms with van der Waals surface area (Å²) in [5, 5.41) is 2.33. The van der Waals surface area contributed by atoms with Crippen LogP contribution in [-0.4, -0.2) is 26.9 Å². The molecule has 1 aromatic carbocycles. The van der Waals surface area contributed by atoms with Crippen LogP contribution in [-0.2, 0) is 14.8 Å². The van der Waals surface area contributed by atoms with Gasteiger partial charge in [-0.1, -0.05) is 18.1 Å². The molecule has 0 saturated carbocycles. The Morgan fingerprint density at radius 1 is 1.47 bits per heavy atom. The lowest BCUT2D eigenvalue weighted by molar-refractivity contribution is -0.122. The molecule has 1 rings (SSSR count). The monoisotopic (exact) mass is 284 g/mol. The summed E-state index contributed by atoms with van der Waals surface area (Å²) in [6, 6.07) is 3.84. The zero-order valence-corrected chi connectivity index (χ0v) is 11.0. The molecule has 5 nitrogen and oxygen atoms in total. The van der Waals surface area contributed by atoms with Crippen molar-refractivity contribution in [3.8, 4) is 12.3 Å². The van der Waals surface area contributed by atoms with Gasteiger partial charge in [0.2, 0.25) is 15.9 Å². The molecule has 1 atom stereocenters. The first kappa shape index (κ1) is 15.1. The summed E-state index contributed by atoms with van der Waals surface area (Å²) in [6.07, 6.45) is 4.96. The molecule has 0 aliphatic carbocycles. The molecule has 0 spiro atoms. The summed E-state index contributed by atoms with van der Waals surface area (Å²) < 4.78 is 39.2. The maximum atomic E-state index is 13.4. The van der Waals surface area contributed by atoms with Gasteiger partial charge in [-0.05, 0) is 19.1 Å². The second-order valence-electron chi connectivity index (χ2n) is 3.70. The van der Waals surface area contributed by atoms with Crippen molar-refractivity contribution in [3.63, 3.8) is 0 Å². The van der Waals surface area contributed by atoms with E-state index in [1.54, 1.807) is 0 Å². The van der Waals surface area contributed by atoms with E-state index >= 15 is 0 Å². The quantitative estimate of drug-likeness (QED) is 0.761. The first-order valence-electron chi connectivity index (χ1n) is 5.36. The molecule has 0 aliphatic rings. The Balaban J connectivity index is 2.84. The van der Waals surface area contributed by atoms with Crippen molar-refractivity contribution < 1.29 is 17.6 Å². The van der Waals surface area contributed by atoms with Gasteiger partial charge < -0.3 is 5.32 Å². The van der Waals surface area contributed by atoms with E-state index in [-0.39, 0.29) is 6.54 Å². The topological polar surface area (TPSA) is 75.3 Å². The average molecular weight is 284 g/mol. The normalized spacial score (nSPS) is 12.5. The van der Waals surface area contributed by atoms with Crippen molar-refractivity contribution in [2.75, 3.05) is 6.54 Å². The number of nitrogens with one attached hydrogen (secondary N) is 2. The van der Waals surface area contributed by atoms with E-state index in [1.165, 1.54) is 19.1 Å². The lowest BCUT2D eigenvalue weighted by atomic mass is 10.3. The van der Waals surface area contributed by atoms with Gasteiger partial charge in [0.15, 0.2) is 0 Å². The van der Waals surface area contributed by atoms with Crippen LogP contribution in [0.25, 0.3) is 0 Å². The minimum absolute atomic E-state index is 0.00933. The fraction of sp³-hybridized carbons (Fsp3) is 0.250. The number of hydrogen-bond acceptors (Lipinski definition) is 3. The average Bonchev–Trinajstić information content (AvgIpc) is 2.35. The van der Waals surface area contributed by atoms with Crippen LogP contribution in [0.15, 0.2) is 29.2 Å². The smallest absolute Gasteiger partial charge is 0.244 e. The van der Waals surface area contributed by atoms with Gasteiger partial charge in [-0.15, -0.1) is 6.42 Å². The first-order chi connectivity index (χ1) is 8.88. The molecule has 0 aromatic heterocycles. The Bertz CT molecular complexity index is 608. The number of amides is 1. The van der Waals surface area contributed by atoms with E-state index in [4.69, 9.17) is 6.42 Å². The van der Waals surface area contributed by atoms with E-state index in [9.17, 15) is 17.6 Å². The van der Waals surface area contributed by atoms with Crippen molar-refractivity contribution in [1.82, 2.24) is 10.0 Å². The van der Waals surface area contributed by atoms with Crippen molar-refractivity contribution in [2.24, 2.45) is 0 Å². The third kappa shape index (κ3) is 4.05. The number of hydrogen-bond donors (Lipinski definition) is 2. The SMILES string of the molecule is C#CCNC(=O)[C@H](C)NS(=O)(=O)c1ccccc1F. The zero-order valence-electron chi connectivity index (χ0n) is 10.2. The Kier molecular flexibility index (Phi) is 5.03. The Morgan fingerprint density at radius 3 is 2.68 bits per heavy atom. The molecule has 102 valence electrons. The molecule has 0 radical (unpaired) electrons. The highest BCUT2D eigenvalue weighted by Crippen LogP contribution is 2.13. The second kappa shape index (κ2) is 6.31. The van der Waals surface area contributed by atoms with Crippen LogP contribution >= 0.6 is 0 Å². The third-order valence-electron chi connectivity index (χ3n) is 2.22. The molecule has 0 fully saturated rings. The minimum Gasteiger partial charge on any atom is -0.344 e. The number of carbonyl (C=O) groups is 1. The fourth-order valence-corrected chi connectivity index (χ4v) is 2.59. The Labute approximate surface area is 111 Å². The zero-order chi connectivity index (χ0) is 14.5. The number of halogens is 1. The molecular formula is C12H13FN2O3S. The van der Waals surface area contributed by atoms with Crippen LogP contribution in [0, 0.1) is 18.2 Å². The standard InChI is InChI=1S/C12H13FN2O3S/c1-3-8-14-12(16)9(2)15-19(17,18)11-7-5-4-6-10(11)13/h1,4-7,9,15H,8H2,2H3,(H,14,16)/t9-/m0/s1. The van der Waals surface area contributed by atoms with Crippen LogP contribution in [0.3, 0.4) is 0 Å². The van der Waals surface area contributed by atoms with E-state index in [1.807, 2.05) is 0 Å². The highest BCUT2D eigenvalue weighted by Gasteiger charge is 2.23. The molecule has 2 N–H and O–H groups in total. The molecule has 19 heavy (non-hydrogen) atoms. The van der Waals surface area contributed by atoms with Gasteiger partial charge in [-0.2, -0.15) is 4.72 Å². The third-order valence-corrected chi connectivity index (χ3v) is 3.79. The number of rotatable bonds is 5. The van der Waals surface area contributed by atoms with Crippen LogP contribution < -0.4 is 10.0 Å². The molecule has 0 aliphatic heterocycles. The lowest BCUT2D eigenvalue weighted by Crippen LogP contribution is -2.44. The van der Waals surface area contributed by atoms with Crippen molar-refractivity contribution in [2.45, 2.75) is 17.9 Å². The van der Waals surface area contributed by atoms with E-state index in [2.05, 4.69) is 16.0 Å². The highest BCUT2D eigenvalue weighted by atomic mass is 32.2. The van der Waals surface area contributed by atoms with E-state index < -0.39 is 32.7 Å². The maximum Gasteiger partial charge on any atom is 0.244 e. The first-order valence-corrected chi connectivity index (χ1v) is 6.85. The number of sulfonamides is 1. The van der Waals surface area contributed by atoms with Crippen molar-refractivity contribution in [3.05, 3.63) is 30.1 Å². The fourth-order valence-electron chi connectivity index (χ4n) is 1.30. The van der Waals surface area contributed by atoms with Gasteiger partial charge in [-0.3, -0.25) is 4.79 Å². The predicted octanol–water partition coefficient (Wildman–Crippen LogP) is 0.242. The summed E-state index contributed by atoms with van der Waals surface area (Å²) in [5.74, 6) is 0.720. The summed E-state index contributed by atoms with van der Waals surface area (Å²) in [5.41, 5.74) is 0. The second-order valence-corrected chi connectivity index (χ2v) is 5.38. The van der Waals surface area contributed by atoms with Crippen LogP contribution in [0.1, 0.15) is 6.92 Å². The molecule has 0 bridgehead atoms. The van der Waals surface area contributed by atoms with Crippen LogP contribution in [0.2, 0.25) is 0 Å².